The number of carbonyl (C=O) groups is 2. The molecule has 4 heteroatoms. The van der Waals surface area contributed by atoms with Gasteiger partial charge in [0.1, 0.15) is 12.1 Å². The quantitative estimate of drug-likeness (QED) is 0.752. The van der Waals surface area contributed by atoms with Crippen molar-refractivity contribution in [2.75, 3.05) is 6.54 Å². The number of carbonyl (C=O) groups excluding carboxylic acids is 2. The first-order chi connectivity index (χ1) is 8.69. The van der Waals surface area contributed by atoms with Gasteiger partial charge < -0.3 is 10.2 Å². The van der Waals surface area contributed by atoms with Gasteiger partial charge in [-0.1, -0.05) is 6.92 Å². The van der Waals surface area contributed by atoms with Crippen LogP contribution in [0.5, 0.6) is 0 Å². The molecule has 2 rings (SSSR count). The molecule has 4 nitrogen and oxygen atoms in total. The summed E-state index contributed by atoms with van der Waals surface area (Å²) in [5, 5.41) is 2.88. The van der Waals surface area contributed by atoms with Gasteiger partial charge in [-0.15, -0.1) is 11.8 Å². The van der Waals surface area contributed by atoms with Crippen LogP contribution in [0.3, 0.4) is 0 Å². The summed E-state index contributed by atoms with van der Waals surface area (Å²) >= 11 is 0. The molecule has 0 spiro atoms. The van der Waals surface area contributed by atoms with Crippen molar-refractivity contribution in [3.8, 4) is 11.8 Å². The van der Waals surface area contributed by atoms with E-state index in [1.807, 2.05) is 6.92 Å². The number of nitrogens with one attached hydrogen (secondary N) is 1. The molecular formula is C14H20N2O2. The van der Waals surface area contributed by atoms with Crippen molar-refractivity contribution in [3.63, 3.8) is 0 Å². The van der Waals surface area contributed by atoms with E-state index in [4.69, 9.17) is 0 Å². The Labute approximate surface area is 108 Å². The van der Waals surface area contributed by atoms with Crippen molar-refractivity contribution in [1.82, 2.24) is 10.2 Å². The number of rotatable bonds is 4. The van der Waals surface area contributed by atoms with E-state index in [0.29, 0.717) is 25.3 Å². The Morgan fingerprint density at radius 1 is 1.39 bits per heavy atom. The predicted octanol–water partition coefficient (Wildman–Crippen LogP) is 0.915. The molecule has 1 aliphatic heterocycles. The minimum atomic E-state index is -0.314. The summed E-state index contributed by atoms with van der Waals surface area (Å²) in [4.78, 5) is 26.1. The maximum absolute atomic E-state index is 12.4. The Balaban J connectivity index is 2.09. The van der Waals surface area contributed by atoms with E-state index in [2.05, 4.69) is 17.2 Å². The Kier molecular flexibility index (Phi) is 3.90. The number of hydrogen-bond donors (Lipinski definition) is 1. The summed E-state index contributed by atoms with van der Waals surface area (Å²) < 4.78 is 0. The van der Waals surface area contributed by atoms with Gasteiger partial charge in [0.15, 0.2) is 0 Å². The molecule has 0 aromatic carbocycles. The van der Waals surface area contributed by atoms with Crippen LogP contribution < -0.4 is 5.32 Å². The maximum atomic E-state index is 12.4. The third-order valence-corrected chi connectivity index (χ3v) is 3.66. The second-order valence-electron chi connectivity index (χ2n) is 4.96. The molecule has 1 saturated carbocycles. The van der Waals surface area contributed by atoms with Gasteiger partial charge in [0.2, 0.25) is 11.8 Å². The number of hydrogen-bond acceptors (Lipinski definition) is 2. The minimum Gasteiger partial charge on any atom is -0.342 e. The lowest BCUT2D eigenvalue weighted by Crippen LogP contribution is -2.63. The van der Waals surface area contributed by atoms with Crippen LogP contribution in [0.25, 0.3) is 0 Å². The van der Waals surface area contributed by atoms with Gasteiger partial charge in [0.05, 0.1) is 0 Å². The van der Waals surface area contributed by atoms with Crippen molar-refractivity contribution >= 4 is 11.8 Å². The highest BCUT2D eigenvalue weighted by atomic mass is 16.2. The fraction of sp³-hybridized carbons (Fsp3) is 0.714. The predicted molar refractivity (Wildman–Crippen MR) is 68.5 cm³/mol. The Hall–Kier alpha value is -1.50. The average molecular weight is 248 g/mol. The van der Waals surface area contributed by atoms with E-state index in [0.717, 1.165) is 12.8 Å². The topological polar surface area (TPSA) is 49.4 Å². The van der Waals surface area contributed by atoms with Gasteiger partial charge >= 0.3 is 0 Å². The first kappa shape index (κ1) is 12.9. The molecular weight excluding hydrogens is 228 g/mol. The van der Waals surface area contributed by atoms with Crippen molar-refractivity contribution in [2.24, 2.45) is 5.92 Å². The second kappa shape index (κ2) is 5.43. The molecule has 18 heavy (non-hydrogen) atoms. The zero-order valence-electron chi connectivity index (χ0n) is 11.0. The minimum absolute atomic E-state index is 0.00143. The van der Waals surface area contributed by atoms with Crippen LogP contribution in [0, 0.1) is 17.8 Å². The van der Waals surface area contributed by atoms with Gasteiger partial charge in [0, 0.05) is 13.0 Å². The first-order valence-electron chi connectivity index (χ1n) is 6.69. The molecule has 1 heterocycles. The zero-order chi connectivity index (χ0) is 13.1. The van der Waals surface area contributed by atoms with Gasteiger partial charge in [0.25, 0.3) is 0 Å². The number of nitrogens with zero attached hydrogens (tertiary/aromatic N) is 1. The lowest BCUT2D eigenvalue weighted by Gasteiger charge is -2.38. The van der Waals surface area contributed by atoms with Crippen molar-refractivity contribution < 1.29 is 9.59 Å². The highest BCUT2D eigenvalue weighted by molar-refractivity contribution is 5.97. The van der Waals surface area contributed by atoms with E-state index in [1.54, 1.807) is 11.8 Å². The average Bonchev–Trinajstić information content (AvgIpc) is 3.17. The molecule has 1 N–H and O–H groups in total. The van der Waals surface area contributed by atoms with Gasteiger partial charge in [-0.3, -0.25) is 9.59 Å². The van der Waals surface area contributed by atoms with Gasteiger partial charge in [-0.05, 0) is 32.1 Å². The SMILES string of the molecule is CC#CCCN1C(=O)C(C2CC2)NC(=O)C1CC. The molecule has 2 unspecified atom stereocenters. The molecule has 98 valence electrons. The van der Waals surface area contributed by atoms with E-state index in [1.165, 1.54) is 0 Å². The highest BCUT2D eigenvalue weighted by Gasteiger charge is 2.45. The first-order valence-corrected chi connectivity index (χ1v) is 6.69. The summed E-state index contributed by atoms with van der Waals surface area (Å²) in [7, 11) is 0. The van der Waals surface area contributed by atoms with E-state index in [-0.39, 0.29) is 23.9 Å². The normalized spacial score (nSPS) is 27.6. The zero-order valence-corrected chi connectivity index (χ0v) is 11.0. The molecule has 1 aliphatic carbocycles. The Bertz CT molecular complexity index is 404. The van der Waals surface area contributed by atoms with E-state index < -0.39 is 0 Å². The smallest absolute Gasteiger partial charge is 0.246 e. The summed E-state index contributed by atoms with van der Waals surface area (Å²) in [5.41, 5.74) is 0. The number of piperazine rings is 1. The van der Waals surface area contributed by atoms with Crippen LogP contribution in [-0.4, -0.2) is 35.3 Å². The molecule has 0 aromatic heterocycles. The second-order valence-corrected chi connectivity index (χ2v) is 4.96. The van der Waals surface area contributed by atoms with Crippen LogP contribution in [-0.2, 0) is 9.59 Å². The van der Waals surface area contributed by atoms with E-state index >= 15 is 0 Å². The van der Waals surface area contributed by atoms with Crippen molar-refractivity contribution in [1.29, 1.82) is 0 Å². The molecule has 2 aliphatic rings. The molecule has 1 saturated heterocycles. The van der Waals surface area contributed by atoms with Gasteiger partial charge in [-0.25, -0.2) is 0 Å². The van der Waals surface area contributed by atoms with Crippen LogP contribution in [0.2, 0.25) is 0 Å². The molecule has 2 fully saturated rings. The highest BCUT2D eigenvalue weighted by Crippen LogP contribution is 2.35. The standard InChI is InChI=1S/C14H20N2O2/c1-3-5-6-9-16-11(4-2)13(17)15-12(14(16)18)10-7-8-10/h10-12H,4,6-9H2,1-2H3,(H,15,17). The third kappa shape index (κ3) is 2.50. The van der Waals surface area contributed by atoms with Crippen LogP contribution >= 0.6 is 0 Å². The molecule has 2 amide bonds. The van der Waals surface area contributed by atoms with Crippen LogP contribution in [0.1, 0.15) is 39.5 Å². The summed E-state index contributed by atoms with van der Waals surface area (Å²) in [5.74, 6) is 6.23. The lowest BCUT2D eigenvalue weighted by atomic mass is 10.0. The summed E-state index contributed by atoms with van der Waals surface area (Å²) in [6.07, 6.45) is 3.41. The summed E-state index contributed by atoms with van der Waals surface area (Å²) in [6.45, 7) is 4.29. The fourth-order valence-corrected chi connectivity index (χ4v) is 2.51. The monoisotopic (exact) mass is 248 g/mol. The molecule has 2 atom stereocenters. The van der Waals surface area contributed by atoms with Crippen molar-refractivity contribution in [3.05, 3.63) is 0 Å². The molecule has 0 radical (unpaired) electrons. The lowest BCUT2D eigenvalue weighted by molar-refractivity contribution is -0.150. The maximum Gasteiger partial charge on any atom is 0.246 e. The molecule has 0 aromatic rings. The summed E-state index contributed by atoms with van der Waals surface area (Å²) in [6, 6.07) is -0.596. The van der Waals surface area contributed by atoms with E-state index in [9.17, 15) is 9.59 Å². The fourth-order valence-electron chi connectivity index (χ4n) is 2.51. The molecule has 0 bridgehead atoms. The Morgan fingerprint density at radius 2 is 2.11 bits per heavy atom. The Morgan fingerprint density at radius 3 is 2.67 bits per heavy atom. The van der Waals surface area contributed by atoms with Crippen LogP contribution in [0.4, 0.5) is 0 Å². The number of amides is 2. The largest absolute Gasteiger partial charge is 0.342 e. The van der Waals surface area contributed by atoms with Crippen molar-refractivity contribution in [2.45, 2.75) is 51.6 Å². The third-order valence-electron chi connectivity index (χ3n) is 3.66. The van der Waals surface area contributed by atoms with Gasteiger partial charge in [-0.2, -0.15) is 0 Å². The van der Waals surface area contributed by atoms with Crippen LogP contribution in [0.15, 0.2) is 0 Å².